The molecular weight excluding hydrogens is 258 g/mol. The van der Waals surface area contributed by atoms with Crippen molar-refractivity contribution in [2.45, 2.75) is 32.7 Å². The third kappa shape index (κ3) is 3.80. The lowest BCUT2D eigenvalue weighted by atomic mass is 10.2. The minimum absolute atomic E-state index is 0.0715. The van der Waals surface area contributed by atoms with E-state index in [1.807, 2.05) is 19.2 Å². The van der Waals surface area contributed by atoms with Crippen LogP contribution >= 0.6 is 15.9 Å². The lowest BCUT2D eigenvalue weighted by molar-refractivity contribution is 0.281. The summed E-state index contributed by atoms with van der Waals surface area (Å²) >= 11 is 3.37. The highest BCUT2D eigenvalue weighted by Crippen LogP contribution is 2.08. The molecule has 0 atom stereocenters. The first-order chi connectivity index (χ1) is 7.15. The second kappa shape index (κ2) is 6.08. The lowest BCUT2D eigenvalue weighted by Gasteiger charge is -2.07. The van der Waals surface area contributed by atoms with Gasteiger partial charge in [0.1, 0.15) is 0 Å². The molecule has 0 radical (unpaired) electrons. The lowest BCUT2D eigenvalue weighted by Crippen LogP contribution is -2.21. The molecule has 0 aliphatic rings. The average molecular weight is 274 g/mol. The largest absolute Gasteiger partial charge is 0.396 e. The normalized spacial score (nSPS) is 10.6. The summed E-state index contributed by atoms with van der Waals surface area (Å²) in [4.78, 5) is 11.7. The minimum atomic E-state index is 0.0715. The molecular formula is C11H16BrNO2. The van der Waals surface area contributed by atoms with E-state index in [0.29, 0.717) is 0 Å². The molecule has 84 valence electrons. The van der Waals surface area contributed by atoms with Gasteiger partial charge >= 0.3 is 0 Å². The van der Waals surface area contributed by atoms with Crippen molar-refractivity contribution in [3.63, 3.8) is 0 Å². The number of aliphatic hydroxyl groups excluding tert-OH is 1. The van der Waals surface area contributed by atoms with Crippen LogP contribution in [0, 0.1) is 6.92 Å². The van der Waals surface area contributed by atoms with Crippen LogP contribution in [0.2, 0.25) is 0 Å². The first-order valence-electron chi connectivity index (χ1n) is 5.12. The fraction of sp³-hybridized carbons (Fsp3) is 0.545. The molecule has 0 spiro atoms. The van der Waals surface area contributed by atoms with Crippen LogP contribution in [0.4, 0.5) is 0 Å². The molecule has 0 fully saturated rings. The third-order valence-corrected chi connectivity index (χ3v) is 2.72. The van der Waals surface area contributed by atoms with Crippen LogP contribution in [-0.4, -0.2) is 16.3 Å². The molecule has 0 aromatic carbocycles. The number of pyridine rings is 1. The Morgan fingerprint density at radius 2 is 2.13 bits per heavy atom. The van der Waals surface area contributed by atoms with Crippen LogP contribution in [0.5, 0.6) is 0 Å². The number of aliphatic hydroxyl groups is 1. The summed E-state index contributed by atoms with van der Waals surface area (Å²) in [6.07, 6.45) is 4.50. The maximum absolute atomic E-state index is 11.7. The van der Waals surface area contributed by atoms with E-state index in [-0.39, 0.29) is 12.2 Å². The van der Waals surface area contributed by atoms with Crippen molar-refractivity contribution in [3.8, 4) is 0 Å². The van der Waals surface area contributed by atoms with E-state index in [4.69, 9.17) is 5.11 Å². The van der Waals surface area contributed by atoms with Crippen molar-refractivity contribution in [3.05, 3.63) is 32.7 Å². The third-order valence-electron chi connectivity index (χ3n) is 2.29. The summed E-state index contributed by atoms with van der Waals surface area (Å²) < 4.78 is 2.65. The molecule has 0 saturated heterocycles. The molecule has 15 heavy (non-hydrogen) atoms. The van der Waals surface area contributed by atoms with Gasteiger partial charge in [-0.1, -0.05) is 0 Å². The molecule has 0 amide bonds. The number of hydrogen-bond donors (Lipinski definition) is 1. The van der Waals surface area contributed by atoms with Gasteiger partial charge in [0, 0.05) is 29.4 Å². The zero-order chi connectivity index (χ0) is 11.3. The van der Waals surface area contributed by atoms with Gasteiger partial charge in [-0.05, 0) is 48.2 Å². The second-order valence-electron chi connectivity index (χ2n) is 3.62. The topological polar surface area (TPSA) is 42.2 Å². The van der Waals surface area contributed by atoms with Crippen molar-refractivity contribution in [2.24, 2.45) is 0 Å². The molecule has 1 heterocycles. The van der Waals surface area contributed by atoms with Crippen LogP contribution in [0.25, 0.3) is 0 Å². The van der Waals surface area contributed by atoms with E-state index >= 15 is 0 Å². The molecule has 4 heteroatoms. The van der Waals surface area contributed by atoms with E-state index in [1.54, 1.807) is 4.57 Å². The first-order valence-corrected chi connectivity index (χ1v) is 5.92. The van der Waals surface area contributed by atoms with Crippen molar-refractivity contribution in [1.82, 2.24) is 4.57 Å². The molecule has 0 saturated carbocycles. The predicted molar refractivity (Wildman–Crippen MR) is 64.1 cm³/mol. The van der Waals surface area contributed by atoms with E-state index in [2.05, 4.69) is 15.9 Å². The fourth-order valence-corrected chi connectivity index (χ4v) is 2.07. The van der Waals surface area contributed by atoms with E-state index in [9.17, 15) is 4.79 Å². The summed E-state index contributed by atoms with van der Waals surface area (Å²) in [5.74, 6) is 0. The molecule has 3 nitrogen and oxygen atoms in total. The molecule has 1 aromatic heterocycles. The van der Waals surface area contributed by atoms with Gasteiger partial charge in [-0.15, -0.1) is 0 Å². The number of unbranched alkanes of at least 4 members (excludes halogenated alkanes) is 2. The van der Waals surface area contributed by atoms with Gasteiger partial charge in [0.05, 0.1) is 0 Å². The molecule has 0 unspecified atom stereocenters. The summed E-state index contributed by atoms with van der Waals surface area (Å²) in [6.45, 7) is 2.77. The smallest absolute Gasteiger partial charge is 0.253 e. The van der Waals surface area contributed by atoms with E-state index < -0.39 is 0 Å². The van der Waals surface area contributed by atoms with Crippen molar-refractivity contribution < 1.29 is 5.11 Å². The Bertz CT molecular complexity index is 373. The number of aromatic nitrogens is 1. The standard InChI is InChI=1S/C11H16BrNO2/c1-9-7-10(12)8-13(11(9)15)5-3-2-4-6-14/h7-8,14H,2-6H2,1H3. The zero-order valence-corrected chi connectivity index (χ0v) is 10.5. The number of hydrogen-bond acceptors (Lipinski definition) is 2. The van der Waals surface area contributed by atoms with Crippen LogP contribution in [0.3, 0.4) is 0 Å². The molecule has 0 aliphatic heterocycles. The van der Waals surface area contributed by atoms with Gasteiger partial charge in [0.25, 0.3) is 5.56 Å². The summed E-state index contributed by atoms with van der Waals surface area (Å²) in [5, 5.41) is 8.63. The maximum atomic E-state index is 11.7. The summed E-state index contributed by atoms with van der Waals surface area (Å²) in [5.41, 5.74) is 0.828. The van der Waals surface area contributed by atoms with Crippen LogP contribution in [0.1, 0.15) is 24.8 Å². The Morgan fingerprint density at radius 3 is 2.80 bits per heavy atom. The zero-order valence-electron chi connectivity index (χ0n) is 8.87. The van der Waals surface area contributed by atoms with Gasteiger partial charge in [0.15, 0.2) is 0 Å². The highest BCUT2D eigenvalue weighted by Gasteiger charge is 2.01. The van der Waals surface area contributed by atoms with Crippen molar-refractivity contribution in [1.29, 1.82) is 0 Å². The van der Waals surface area contributed by atoms with Crippen LogP contribution in [0.15, 0.2) is 21.5 Å². The number of halogens is 1. The van der Waals surface area contributed by atoms with Gasteiger partial charge in [-0.25, -0.2) is 0 Å². The quantitative estimate of drug-likeness (QED) is 0.835. The average Bonchev–Trinajstić information content (AvgIpc) is 2.19. The SMILES string of the molecule is Cc1cc(Br)cn(CCCCCO)c1=O. The molecule has 0 bridgehead atoms. The first kappa shape index (κ1) is 12.5. The van der Waals surface area contributed by atoms with Crippen molar-refractivity contribution >= 4 is 15.9 Å². The maximum Gasteiger partial charge on any atom is 0.253 e. The van der Waals surface area contributed by atoms with E-state index in [1.165, 1.54) is 0 Å². The highest BCUT2D eigenvalue weighted by molar-refractivity contribution is 9.10. The predicted octanol–water partition coefficient (Wildman–Crippen LogP) is 2.08. The Balaban J connectivity index is 2.64. The number of nitrogens with zero attached hydrogens (tertiary/aromatic N) is 1. The molecule has 0 aliphatic carbocycles. The number of rotatable bonds is 5. The Hall–Kier alpha value is -0.610. The molecule has 1 rings (SSSR count). The van der Waals surface area contributed by atoms with Gasteiger partial charge in [-0.2, -0.15) is 0 Å². The monoisotopic (exact) mass is 273 g/mol. The molecule has 1 N–H and O–H groups in total. The van der Waals surface area contributed by atoms with Crippen LogP contribution < -0.4 is 5.56 Å². The van der Waals surface area contributed by atoms with Crippen molar-refractivity contribution in [2.75, 3.05) is 6.61 Å². The second-order valence-corrected chi connectivity index (χ2v) is 4.54. The fourth-order valence-electron chi connectivity index (χ4n) is 1.48. The highest BCUT2D eigenvalue weighted by atomic mass is 79.9. The molecule has 1 aromatic rings. The Labute approximate surface area is 97.9 Å². The van der Waals surface area contributed by atoms with Gasteiger partial charge in [-0.3, -0.25) is 4.79 Å². The summed E-state index contributed by atoms with van der Waals surface area (Å²) in [6, 6.07) is 1.83. The Kier molecular flexibility index (Phi) is 5.05. The summed E-state index contributed by atoms with van der Waals surface area (Å²) in [7, 11) is 0. The van der Waals surface area contributed by atoms with Gasteiger partial charge in [0.2, 0.25) is 0 Å². The number of aryl methyl sites for hydroxylation is 2. The minimum Gasteiger partial charge on any atom is -0.396 e. The Morgan fingerprint density at radius 1 is 1.40 bits per heavy atom. The van der Waals surface area contributed by atoms with E-state index in [0.717, 1.165) is 35.8 Å². The van der Waals surface area contributed by atoms with Crippen LogP contribution in [-0.2, 0) is 6.54 Å². The van der Waals surface area contributed by atoms with Gasteiger partial charge < -0.3 is 9.67 Å².